The lowest BCUT2D eigenvalue weighted by Crippen LogP contribution is -2.61. The van der Waals surface area contributed by atoms with Gasteiger partial charge in [0.05, 0.1) is 31.6 Å². The molecule has 28 nitrogen and oxygen atoms in total. The Morgan fingerprint density at radius 3 is 1.72 bits per heavy atom. The van der Waals surface area contributed by atoms with Gasteiger partial charge in [-0.05, 0) is 63.1 Å². The molecule has 0 saturated carbocycles. The first kappa shape index (κ1) is 59.7. The SMILES string of the molecule is CC(C)C[C@H](NC(=O)[C@H](C)NC(=O)[C@H](CC(=O)O)NC(=O)[C@H](CC(N)=O)NC(=O)[C@H](CO)NC(=O)[C@H](Cc1ccc(O)cc1)NC(=O)[C@@H]1CCCN1C(=O)[C@@H](N)CCC(N)=O)C(=O)N[C@H](C(=O)O)[C@@H](C)O. The molecule has 1 aromatic carbocycles. The molecule has 28 heteroatoms. The first-order chi connectivity index (χ1) is 33.1. The molecule has 1 aliphatic heterocycles. The minimum atomic E-state index is -2.01. The Bertz CT molecular complexity index is 2120. The molecule has 1 heterocycles. The van der Waals surface area contributed by atoms with Gasteiger partial charge in [0.1, 0.15) is 48.0 Å². The Labute approximate surface area is 406 Å². The molecule has 10 amide bonds. The van der Waals surface area contributed by atoms with Crippen LogP contribution in [-0.4, -0.2) is 175 Å². The number of aliphatic hydroxyl groups excluding tert-OH is 2. The fourth-order valence-electron chi connectivity index (χ4n) is 7.11. The van der Waals surface area contributed by atoms with Crippen LogP contribution >= 0.6 is 0 Å². The van der Waals surface area contributed by atoms with Crippen LogP contribution in [0.15, 0.2) is 24.3 Å². The summed E-state index contributed by atoms with van der Waals surface area (Å²) in [6.07, 6.45) is -3.70. The van der Waals surface area contributed by atoms with Crippen molar-refractivity contribution in [2.24, 2.45) is 23.1 Å². The number of rotatable bonds is 29. The molecule has 0 radical (unpaired) electrons. The van der Waals surface area contributed by atoms with Crippen LogP contribution in [0, 0.1) is 5.92 Å². The number of benzene rings is 1. The van der Waals surface area contributed by atoms with Crippen molar-refractivity contribution in [3.8, 4) is 5.75 Å². The van der Waals surface area contributed by atoms with Gasteiger partial charge in [-0.3, -0.25) is 52.7 Å². The summed E-state index contributed by atoms with van der Waals surface area (Å²) in [4.78, 5) is 155. The Kier molecular flexibility index (Phi) is 23.8. The summed E-state index contributed by atoms with van der Waals surface area (Å²) in [5.74, 6) is -14.0. The van der Waals surface area contributed by atoms with Gasteiger partial charge in [0.25, 0.3) is 0 Å². The molecule has 0 aromatic heterocycles. The molecule has 394 valence electrons. The highest BCUT2D eigenvalue weighted by molar-refractivity contribution is 6.00. The predicted molar refractivity (Wildman–Crippen MR) is 244 cm³/mol. The minimum absolute atomic E-state index is 0.0338. The second kappa shape index (κ2) is 28.3. The van der Waals surface area contributed by atoms with Gasteiger partial charge in [-0.2, -0.15) is 0 Å². The number of hydrogen-bond acceptors (Lipinski definition) is 16. The van der Waals surface area contributed by atoms with Crippen molar-refractivity contribution in [1.82, 2.24) is 42.1 Å². The molecule has 1 aromatic rings. The third-order valence-electron chi connectivity index (χ3n) is 10.9. The molecule has 0 spiro atoms. The fourth-order valence-corrected chi connectivity index (χ4v) is 7.11. The highest BCUT2D eigenvalue weighted by atomic mass is 16.4. The van der Waals surface area contributed by atoms with Crippen LogP contribution in [0.2, 0.25) is 0 Å². The normalized spacial score (nSPS) is 17.0. The topological polar surface area (TPSA) is 471 Å². The Morgan fingerprint density at radius 2 is 1.20 bits per heavy atom. The van der Waals surface area contributed by atoms with Crippen LogP contribution in [0.25, 0.3) is 0 Å². The second-order valence-corrected chi connectivity index (χ2v) is 17.4. The van der Waals surface area contributed by atoms with Gasteiger partial charge in [0, 0.05) is 19.4 Å². The van der Waals surface area contributed by atoms with Crippen LogP contribution in [0.4, 0.5) is 0 Å². The van der Waals surface area contributed by atoms with Gasteiger partial charge in [-0.1, -0.05) is 26.0 Å². The lowest BCUT2D eigenvalue weighted by Gasteiger charge is -2.29. The molecule has 0 bridgehead atoms. The number of hydrogen-bond donors (Lipinski definition) is 15. The Morgan fingerprint density at radius 1 is 0.676 bits per heavy atom. The molecule has 1 aliphatic rings. The van der Waals surface area contributed by atoms with Gasteiger partial charge in [-0.25, -0.2) is 4.79 Å². The summed E-state index contributed by atoms with van der Waals surface area (Å²) in [6, 6.07) is -8.95. The first-order valence-corrected chi connectivity index (χ1v) is 22.4. The number of carbonyl (C=O) groups is 12. The summed E-state index contributed by atoms with van der Waals surface area (Å²) in [6.45, 7) is 4.58. The standard InChI is InChI=1S/C43H65N11O17/c1-19(2)14-25(39(66)53-34(21(4)56)43(70)71)48-35(62)20(3)47-36(63)28(17-33(60)61)50-38(65)27(16-32(46)59)49-40(67)29(18-55)52-37(64)26(15-22-7-9-23(57)10-8-22)51-41(68)30-6-5-13-54(30)42(69)24(44)11-12-31(45)58/h7-10,19-21,24-30,34,55-57H,5-6,11-18,44H2,1-4H3,(H2,45,58)(H2,46,59)(H,47,63)(H,48,62)(H,49,67)(H,50,65)(H,51,68)(H,52,64)(H,53,66)(H,60,61)(H,70,71)/t20-,21+,24-,25-,26-,27-,28-,29-,30-,34-/m0/s1. The van der Waals surface area contributed by atoms with Gasteiger partial charge in [0.2, 0.25) is 59.1 Å². The van der Waals surface area contributed by atoms with Crippen molar-refractivity contribution >= 4 is 71.0 Å². The fraction of sp³-hybridized carbons (Fsp3) is 0.581. The number of carbonyl (C=O) groups excluding carboxylic acids is 10. The molecule has 1 fully saturated rings. The molecular weight excluding hydrogens is 943 g/mol. The quantitative estimate of drug-likeness (QED) is 0.0355. The van der Waals surface area contributed by atoms with E-state index >= 15 is 0 Å². The number of nitrogens with two attached hydrogens (primary N) is 3. The van der Waals surface area contributed by atoms with Gasteiger partial charge < -0.3 is 84.9 Å². The summed E-state index contributed by atoms with van der Waals surface area (Å²) in [5.41, 5.74) is 16.9. The minimum Gasteiger partial charge on any atom is -0.508 e. The number of aliphatic hydroxyl groups is 2. The van der Waals surface area contributed by atoms with E-state index in [1.54, 1.807) is 13.8 Å². The maximum Gasteiger partial charge on any atom is 0.328 e. The Balaban J connectivity index is 2.29. The van der Waals surface area contributed by atoms with Crippen LogP contribution in [-0.2, 0) is 64.0 Å². The van der Waals surface area contributed by atoms with E-state index in [2.05, 4.69) is 37.2 Å². The van der Waals surface area contributed by atoms with Crippen molar-refractivity contribution in [3.05, 3.63) is 29.8 Å². The zero-order chi connectivity index (χ0) is 53.9. The number of aliphatic carboxylic acids is 2. The van der Waals surface area contributed by atoms with Gasteiger partial charge in [0.15, 0.2) is 6.04 Å². The van der Waals surface area contributed by atoms with Gasteiger partial charge in [-0.15, -0.1) is 0 Å². The number of nitrogens with zero attached hydrogens (tertiary/aromatic N) is 1. The number of primary amides is 2. The van der Waals surface area contributed by atoms with Crippen molar-refractivity contribution in [2.45, 2.75) is 140 Å². The average Bonchev–Trinajstić information content (AvgIpc) is 3.78. The van der Waals surface area contributed by atoms with E-state index in [1.165, 1.54) is 29.2 Å². The number of phenolic OH excluding ortho intramolecular Hbond substituents is 1. The van der Waals surface area contributed by atoms with E-state index in [4.69, 9.17) is 17.2 Å². The predicted octanol–water partition coefficient (Wildman–Crippen LogP) is -6.21. The summed E-state index contributed by atoms with van der Waals surface area (Å²) < 4.78 is 0. The molecule has 2 rings (SSSR count). The molecular formula is C43H65N11O17. The van der Waals surface area contributed by atoms with E-state index < -0.39 is 151 Å². The van der Waals surface area contributed by atoms with E-state index in [9.17, 15) is 83.1 Å². The van der Waals surface area contributed by atoms with E-state index in [-0.39, 0.29) is 50.3 Å². The lowest BCUT2D eigenvalue weighted by atomic mass is 10.0. The highest BCUT2D eigenvalue weighted by Crippen LogP contribution is 2.20. The van der Waals surface area contributed by atoms with Crippen molar-refractivity contribution in [3.63, 3.8) is 0 Å². The number of nitrogens with one attached hydrogen (secondary N) is 7. The van der Waals surface area contributed by atoms with E-state index in [1.807, 2.05) is 0 Å². The number of phenols is 1. The van der Waals surface area contributed by atoms with Crippen LogP contribution in [0.5, 0.6) is 5.75 Å². The maximum absolute atomic E-state index is 13.9. The largest absolute Gasteiger partial charge is 0.508 e. The summed E-state index contributed by atoms with van der Waals surface area (Å²) in [5, 5.41) is 64.4. The first-order valence-electron chi connectivity index (χ1n) is 22.4. The maximum atomic E-state index is 13.9. The summed E-state index contributed by atoms with van der Waals surface area (Å²) in [7, 11) is 0. The molecule has 18 N–H and O–H groups in total. The smallest absolute Gasteiger partial charge is 0.328 e. The molecule has 1 saturated heterocycles. The molecule has 0 unspecified atom stereocenters. The highest BCUT2D eigenvalue weighted by Gasteiger charge is 2.39. The number of likely N-dealkylation sites (tertiary alicyclic amines) is 1. The number of carboxylic acids is 2. The monoisotopic (exact) mass is 1010 g/mol. The number of amides is 10. The second-order valence-electron chi connectivity index (χ2n) is 17.4. The Hall–Kier alpha value is -7.46. The van der Waals surface area contributed by atoms with Crippen LogP contribution < -0.4 is 54.4 Å². The molecule has 10 atom stereocenters. The lowest BCUT2D eigenvalue weighted by molar-refractivity contribution is -0.145. The molecule has 71 heavy (non-hydrogen) atoms. The third kappa shape index (κ3) is 19.8. The zero-order valence-corrected chi connectivity index (χ0v) is 39.5. The average molecular weight is 1010 g/mol. The van der Waals surface area contributed by atoms with E-state index in [0.29, 0.717) is 12.0 Å². The zero-order valence-electron chi connectivity index (χ0n) is 39.5. The van der Waals surface area contributed by atoms with Crippen molar-refractivity contribution in [1.29, 1.82) is 0 Å². The van der Waals surface area contributed by atoms with Crippen LogP contribution in [0.3, 0.4) is 0 Å². The van der Waals surface area contributed by atoms with Gasteiger partial charge >= 0.3 is 11.9 Å². The van der Waals surface area contributed by atoms with Crippen LogP contribution in [0.1, 0.15) is 78.2 Å². The number of carboxylic acid groups (broad SMARTS) is 2. The van der Waals surface area contributed by atoms with Crippen molar-refractivity contribution in [2.75, 3.05) is 13.2 Å². The number of aromatic hydroxyl groups is 1. The third-order valence-corrected chi connectivity index (χ3v) is 10.9. The molecule has 0 aliphatic carbocycles. The van der Waals surface area contributed by atoms with E-state index in [0.717, 1.165) is 13.8 Å². The van der Waals surface area contributed by atoms with Crippen molar-refractivity contribution < 1.29 is 83.1 Å². The summed E-state index contributed by atoms with van der Waals surface area (Å²) >= 11 is 0.